The van der Waals surface area contributed by atoms with E-state index in [1.54, 1.807) is 0 Å². The standard InChI is InChI=1S/C16H14F2O3/c1-20-13-7-3-11(4-8-13)15(19)16(17,18)12-5-9-14(21-2)10-6-12/h3-10H,1-2H3. The first-order valence-corrected chi connectivity index (χ1v) is 6.20. The van der Waals surface area contributed by atoms with Crippen molar-refractivity contribution in [1.29, 1.82) is 0 Å². The van der Waals surface area contributed by atoms with E-state index in [9.17, 15) is 13.6 Å². The molecule has 21 heavy (non-hydrogen) atoms. The van der Waals surface area contributed by atoms with Crippen molar-refractivity contribution in [2.24, 2.45) is 0 Å². The fourth-order valence-electron chi connectivity index (χ4n) is 1.86. The van der Waals surface area contributed by atoms with Crippen LogP contribution in [0.1, 0.15) is 15.9 Å². The number of hydrogen-bond acceptors (Lipinski definition) is 3. The summed E-state index contributed by atoms with van der Waals surface area (Å²) >= 11 is 0. The Morgan fingerprint density at radius 2 is 1.29 bits per heavy atom. The number of carbonyl (C=O) groups excluding carboxylic acids is 1. The van der Waals surface area contributed by atoms with Crippen molar-refractivity contribution in [3.63, 3.8) is 0 Å². The minimum Gasteiger partial charge on any atom is -0.497 e. The Balaban J connectivity index is 2.29. The topological polar surface area (TPSA) is 35.5 Å². The van der Waals surface area contributed by atoms with E-state index in [-0.39, 0.29) is 11.1 Å². The third-order valence-corrected chi connectivity index (χ3v) is 3.09. The van der Waals surface area contributed by atoms with E-state index in [0.29, 0.717) is 11.5 Å². The van der Waals surface area contributed by atoms with E-state index >= 15 is 0 Å². The molecular formula is C16H14F2O3. The third kappa shape index (κ3) is 3.02. The molecule has 2 aromatic carbocycles. The molecule has 110 valence electrons. The number of benzene rings is 2. The average molecular weight is 292 g/mol. The first kappa shape index (κ1) is 15.0. The third-order valence-electron chi connectivity index (χ3n) is 3.09. The molecular weight excluding hydrogens is 278 g/mol. The van der Waals surface area contributed by atoms with E-state index in [1.165, 1.54) is 62.8 Å². The second kappa shape index (κ2) is 5.91. The number of ketones is 1. The molecule has 0 aliphatic heterocycles. The molecule has 0 spiro atoms. The van der Waals surface area contributed by atoms with Gasteiger partial charge in [0, 0.05) is 11.1 Å². The predicted molar refractivity (Wildman–Crippen MR) is 74.2 cm³/mol. The molecule has 0 unspecified atom stereocenters. The van der Waals surface area contributed by atoms with Crippen LogP contribution in [-0.2, 0) is 5.92 Å². The van der Waals surface area contributed by atoms with Crippen molar-refractivity contribution >= 4 is 5.78 Å². The van der Waals surface area contributed by atoms with Gasteiger partial charge in [-0.1, -0.05) is 0 Å². The van der Waals surface area contributed by atoms with Crippen LogP contribution in [0.2, 0.25) is 0 Å². The molecule has 0 heterocycles. The molecule has 2 aromatic rings. The van der Waals surface area contributed by atoms with Crippen LogP contribution in [0, 0.1) is 0 Å². The predicted octanol–water partition coefficient (Wildman–Crippen LogP) is 3.68. The van der Waals surface area contributed by atoms with Crippen LogP contribution in [0.3, 0.4) is 0 Å². The van der Waals surface area contributed by atoms with Crippen LogP contribution in [0.25, 0.3) is 0 Å². The van der Waals surface area contributed by atoms with Gasteiger partial charge in [0.2, 0.25) is 5.78 Å². The van der Waals surface area contributed by atoms with Gasteiger partial charge in [-0.25, -0.2) is 0 Å². The van der Waals surface area contributed by atoms with Gasteiger partial charge in [0.25, 0.3) is 0 Å². The second-order valence-corrected chi connectivity index (χ2v) is 4.36. The summed E-state index contributed by atoms with van der Waals surface area (Å²) in [6.45, 7) is 0. The van der Waals surface area contributed by atoms with Crippen LogP contribution < -0.4 is 9.47 Å². The highest BCUT2D eigenvalue weighted by Crippen LogP contribution is 2.33. The van der Waals surface area contributed by atoms with Gasteiger partial charge >= 0.3 is 5.92 Å². The second-order valence-electron chi connectivity index (χ2n) is 4.36. The Kier molecular flexibility index (Phi) is 4.21. The normalized spacial score (nSPS) is 11.0. The summed E-state index contributed by atoms with van der Waals surface area (Å²) in [4.78, 5) is 12.0. The van der Waals surface area contributed by atoms with Crippen molar-refractivity contribution in [3.8, 4) is 11.5 Å². The number of rotatable bonds is 5. The zero-order chi connectivity index (χ0) is 15.5. The summed E-state index contributed by atoms with van der Waals surface area (Å²) in [5.41, 5.74) is -0.444. The number of hydrogen-bond donors (Lipinski definition) is 0. The van der Waals surface area contributed by atoms with Crippen molar-refractivity contribution in [1.82, 2.24) is 0 Å². The minimum absolute atomic E-state index is 0.0726. The summed E-state index contributed by atoms with van der Waals surface area (Å²) in [5.74, 6) is -3.90. The molecule has 0 radical (unpaired) electrons. The maximum atomic E-state index is 14.2. The number of halogens is 2. The van der Waals surface area contributed by atoms with Crippen molar-refractivity contribution in [3.05, 3.63) is 59.7 Å². The number of carbonyl (C=O) groups is 1. The van der Waals surface area contributed by atoms with Crippen LogP contribution >= 0.6 is 0 Å². The number of methoxy groups -OCH3 is 2. The molecule has 0 aliphatic carbocycles. The molecule has 0 aromatic heterocycles. The highest BCUT2D eigenvalue weighted by atomic mass is 19.3. The summed E-state index contributed by atoms with van der Waals surface area (Å²) in [5, 5.41) is 0. The summed E-state index contributed by atoms with van der Waals surface area (Å²) in [7, 11) is 2.90. The maximum absolute atomic E-state index is 14.2. The zero-order valence-corrected chi connectivity index (χ0v) is 11.6. The number of Topliss-reactive ketones (excluding diaryl/α,β-unsaturated/α-hetero) is 1. The van der Waals surface area contributed by atoms with Gasteiger partial charge < -0.3 is 9.47 Å². The van der Waals surface area contributed by atoms with E-state index in [4.69, 9.17) is 9.47 Å². The monoisotopic (exact) mass is 292 g/mol. The van der Waals surface area contributed by atoms with Gasteiger partial charge in [0.1, 0.15) is 11.5 Å². The lowest BCUT2D eigenvalue weighted by Crippen LogP contribution is -2.26. The Labute approximate surface area is 121 Å². The minimum atomic E-state index is -3.60. The lowest BCUT2D eigenvalue weighted by atomic mass is 9.99. The largest absolute Gasteiger partial charge is 0.497 e. The molecule has 0 N–H and O–H groups in total. The fraction of sp³-hybridized carbons (Fsp3) is 0.188. The quantitative estimate of drug-likeness (QED) is 0.789. The number of ether oxygens (including phenoxy) is 2. The first-order valence-electron chi connectivity index (χ1n) is 6.20. The molecule has 0 atom stereocenters. The van der Waals surface area contributed by atoms with Crippen molar-refractivity contribution < 1.29 is 23.0 Å². The molecule has 0 saturated carbocycles. The summed E-state index contributed by atoms with van der Waals surface area (Å²) < 4.78 is 38.3. The highest BCUT2D eigenvalue weighted by Gasteiger charge is 2.41. The van der Waals surface area contributed by atoms with E-state index in [0.717, 1.165) is 0 Å². The molecule has 5 heteroatoms. The fourth-order valence-corrected chi connectivity index (χ4v) is 1.86. The molecule has 0 fully saturated rings. The Hall–Kier alpha value is -2.43. The SMILES string of the molecule is COc1ccc(C(=O)C(F)(F)c2ccc(OC)cc2)cc1. The van der Waals surface area contributed by atoms with Crippen LogP contribution in [-0.4, -0.2) is 20.0 Å². The summed E-state index contributed by atoms with van der Waals surface area (Å²) in [6, 6.07) is 10.7. The van der Waals surface area contributed by atoms with Gasteiger partial charge in [0.15, 0.2) is 0 Å². The average Bonchev–Trinajstić information content (AvgIpc) is 2.54. The molecule has 3 nitrogen and oxygen atoms in total. The molecule has 0 amide bonds. The molecule has 0 aliphatic rings. The molecule has 0 saturated heterocycles. The van der Waals surface area contributed by atoms with Crippen LogP contribution in [0.4, 0.5) is 8.78 Å². The lowest BCUT2D eigenvalue weighted by Gasteiger charge is -2.16. The van der Waals surface area contributed by atoms with E-state index in [2.05, 4.69) is 0 Å². The van der Waals surface area contributed by atoms with Gasteiger partial charge in [-0.15, -0.1) is 0 Å². The lowest BCUT2D eigenvalue weighted by molar-refractivity contribution is 0.00740. The van der Waals surface area contributed by atoms with Gasteiger partial charge in [-0.2, -0.15) is 8.78 Å². The Morgan fingerprint density at radius 1 is 0.857 bits per heavy atom. The molecule has 2 rings (SSSR count). The van der Waals surface area contributed by atoms with Crippen molar-refractivity contribution in [2.75, 3.05) is 14.2 Å². The smallest absolute Gasteiger partial charge is 0.334 e. The maximum Gasteiger partial charge on any atom is 0.334 e. The molecule has 0 bridgehead atoms. The van der Waals surface area contributed by atoms with Gasteiger partial charge in [0.05, 0.1) is 14.2 Å². The zero-order valence-electron chi connectivity index (χ0n) is 11.6. The Morgan fingerprint density at radius 3 is 1.71 bits per heavy atom. The van der Waals surface area contributed by atoms with Gasteiger partial charge in [-0.05, 0) is 48.5 Å². The van der Waals surface area contributed by atoms with Crippen molar-refractivity contribution in [2.45, 2.75) is 5.92 Å². The Bertz CT molecular complexity index is 619. The van der Waals surface area contributed by atoms with Gasteiger partial charge in [-0.3, -0.25) is 4.79 Å². The highest BCUT2D eigenvalue weighted by molar-refractivity contribution is 6.01. The first-order chi connectivity index (χ1) is 9.98. The van der Waals surface area contributed by atoms with Crippen LogP contribution in [0.15, 0.2) is 48.5 Å². The van der Waals surface area contributed by atoms with E-state index < -0.39 is 11.7 Å². The summed E-state index contributed by atoms with van der Waals surface area (Å²) in [6.07, 6.45) is 0. The van der Waals surface area contributed by atoms with E-state index in [1.807, 2.05) is 0 Å². The van der Waals surface area contributed by atoms with Crippen LogP contribution in [0.5, 0.6) is 11.5 Å². The number of alkyl halides is 2.